The van der Waals surface area contributed by atoms with Gasteiger partial charge in [-0.25, -0.2) is 14.4 Å². The molecule has 3 fully saturated rings. The van der Waals surface area contributed by atoms with E-state index in [0.717, 1.165) is 58.9 Å². The average Bonchev–Trinajstić information content (AvgIpc) is 3.28. The Balaban J connectivity index is 1.18. The average molecular weight is 550 g/mol. The van der Waals surface area contributed by atoms with Crippen LogP contribution in [0.2, 0.25) is 0 Å². The molecule has 2 amide bonds. The summed E-state index contributed by atoms with van der Waals surface area (Å²) in [7, 11) is 0. The standard InChI is InChI=1S/C28H28FN5O2S2/c1-15-23(33-11-12-37-28(33)31-15)25(35)30-14-20-13-18-3-2-4-21(18)34(20)27(36)22-24(16-7-9-19(29)10-8-16)38-26(32-22)17-5-6-17/h7-12,17-18,20-21H,2-6,13-14H2,1H3,(H,30,35)/t18-,20-,21-/m0/s1. The molecule has 0 spiro atoms. The van der Waals surface area contributed by atoms with E-state index >= 15 is 0 Å². The molecule has 2 aliphatic carbocycles. The van der Waals surface area contributed by atoms with Crippen molar-refractivity contribution in [1.29, 1.82) is 0 Å². The maximum atomic E-state index is 14.3. The first-order valence-corrected chi connectivity index (χ1v) is 15.0. The number of nitrogens with one attached hydrogen (secondary N) is 1. The molecule has 0 bridgehead atoms. The summed E-state index contributed by atoms with van der Waals surface area (Å²) in [6.45, 7) is 2.24. The smallest absolute Gasteiger partial charge is 0.274 e. The summed E-state index contributed by atoms with van der Waals surface area (Å²) in [6, 6.07) is 6.40. The molecular weight excluding hydrogens is 521 g/mol. The molecule has 3 aromatic heterocycles. The van der Waals surface area contributed by atoms with Gasteiger partial charge in [-0.1, -0.05) is 18.6 Å². The predicted octanol–water partition coefficient (Wildman–Crippen LogP) is 5.66. The SMILES string of the molecule is Cc1nc2sccn2c1C(=O)NC[C@@H]1C[C@@H]2CCC[C@@H]2N1C(=O)c1nc(C2CC2)sc1-c1ccc(F)cc1. The molecule has 3 atom stereocenters. The quantitative estimate of drug-likeness (QED) is 0.337. The first-order valence-electron chi connectivity index (χ1n) is 13.3. The van der Waals surface area contributed by atoms with Gasteiger partial charge in [-0.3, -0.25) is 14.0 Å². The number of rotatable bonds is 6. The number of carbonyl (C=O) groups is 2. The Hall–Kier alpha value is -3.11. The van der Waals surface area contributed by atoms with E-state index in [1.807, 2.05) is 27.8 Å². The summed E-state index contributed by atoms with van der Waals surface area (Å²) in [5.41, 5.74) is 2.54. The highest BCUT2D eigenvalue weighted by atomic mass is 32.1. The van der Waals surface area contributed by atoms with E-state index in [4.69, 9.17) is 4.98 Å². The van der Waals surface area contributed by atoms with Crippen molar-refractivity contribution in [2.24, 2.45) is 5.92 Å². The van der Waals surface area contributed by atoms with Crippen LogP contribution >= 0.6 is 22.7 Å². The molecular formula is C28H28FN5O2S2. The molecule has 2 saturated carbocycles. The number of aryl methyl sites for hydroxylation is 1. The van der Waals surface area contributed by atoms with Crippen molar-refractivity contribution in [1.82, 2.24) is 24.6 Å². The van der Waals surface area contributed by atoms with Gasteiger partial charge in [-0.2, -0.15) is 0 Å². The minimum absolute atomic E-state index is 0.0677. The second kappa shape index (κ2) is 9.27. The fraction of sp³-hybridized carbons (Fsp3) is 0.429. The maximum Gasteiger partial charge on any atom is 0.274 e. The van der Waals surface area contributed by atoms with Crippen LogP contribution in [0.25, 0.3) is 15.4 Å². The minimum atomic E-state index is -0.300. The Labute approximate surface area is 227 Å². The van der Waals surface area contributed by atoms with Crippen LogP contribution in [-0.2, 0) is 0 Å². The van der Waals surface area contributed by atoms with E-state index in [-0.39, 0.29) is 29.7 Å². The van der Waals surface area contributed by atoms with Gasteiger partial charge in [-0.05, 0) is 62.6 Å². The van der Waals surface area contributed by atoms with Gasteiger partial charge in [0, 0.05) is 30.1 Å². The second-order valence-electron chi connectivity index (χ2n) is 10.7. The Morgan fingerprint density at radius 1 is 1.13 bits per heavy atom. The van der Waals surface area contributed by atoms with Crippen molar-refractivity contribution in [2.75, 3.05) is 6.54 Å². The topological polar surface area (TPSA) is 79.6 Å². The number of amides is 2. The van der Waals surface area contributed by atoms with Crippen molar-refractivity contribution >= 4 is 39.4 Å². The molecule has 10 heteroatoms. The van der Waals surface area contributed by atoms with Crippen LogP contribution in [0.1, 0.15) is 76.1 Å². The molecule has 0 unspecified atom stereocenters. The van der Waals surface area contributed by atoms with Gasteiger partial charge < -0.3 is 10.2 Å². The number of hydrogen-bond acceptors (Lipinski definition) is 6. The number of imidazole rings is 1. The second-order valence-corrected chi connectivity index (χ2v) is 12.6. The molecule has 1 N–H and O–H groups in total. The van der Waals surface area contributed by atoms with Crippen molar-refractivity contribution in [3.05, 3.63) is 63.7 Å². The van der Waals surface area contributed by atoms with Crippen LogP contribution < -0.4 is 5.32 Å². The summed E-state index contributed by atoms with van der Waals surface area (Å²) >= 11 is 3.06. The van der Waals surface area contributed by atoms with E-state index in [1.165, 1.54) is 23.5 Å². The molecule has 1 aromatic carbocycles. The lowest BCUT2D eigenvalue weighted by Crippen LogP contribution is -2.47. The molecule has 1 saturated heterocycles. The number of thiazole rings is 2. The van der Waals surface area contributed by atoms with Gasteiger partial charge in [0.15, 0.2) is 4.96 Å². The number of fused-ring (bicyclic) bond motifs is 2. The number of aromatic nitrogens is 3. The lowest BCUT2D eigenvalue weighted by molar-refractivity contribution is 0.0645. The van der Waals surface area contributed by atoms with E-state index < -0.39 is 0 Å². The van der Waals surface area contributed by atoms with Crippen LogP contribution in [0, 0.1) is 18.7 Å². The van der Waals surface area contributed by atoms with Crippen LogP contribution in [0.15, 0.2) is 35.8 Å². The van der Waals surface area contributed by atoms with E-state index in [1.54, 1.807) is 23.5 Å². The molecule has 0 radical (unpaired) electrons. The number of halogens is 1. The monoisotopic (exact) mass is 549 g/mol. The number of nitrogens with zero attached hydrogens (tertiary/aromatic N) is 4. The van der Waals surface area contributed by atoms with Crippen LogP contribution in [0.5, 0.6) is 0 Å². The predicted molar refractivity (Wildman–Crippen MR) is 145 cm³/mol. The fourth-order valence-electron chi connectivity index (χ4n) is 6.26. The molecule has 4 aromatic rings. The van der Waals surface area contributed by atoms with Gasteiger partial charge in [0.05, 0.1) is 21.6 Å². The third-order valence-electron chi connectivity index (χ3n) is 8.21. The summed E-state index contributed by atoms with van der Waals surface area (Å²) in [4.78, 5) is 40.5. The minimum Gasteiger partial charge on any atom is -0.349 e. The van der Waals surface area contributed by atoms with Crippen molar-refractivity contribution < 1.29 is 14.0 Å². The third-order valence-corrected chi connectivity index (χ3v) is 10.2. The highest BCUT2D eigenvalue weighted by molar-refractivity contribution is 7.15. The van der Waals surface area contributed by atoms with Crippen molar-refractivity contribution in [2.45, 2.75) is 63.5 Å². The highest BCUT2D eigenvalue weighted by Gasteiger charge is 2.47. The van der Waals surface area contributed by atoms with Crippen molar-refractivity contribution in [3.8, 4) is 10.4 Å². The molecule has 196 valence electrons. The highest BCUT2D eigenvalue weighted by Crippen LogP contribution is 2.47. The van der Waals surface area contributed by atoms with Gasteiger partial charge in [0.1, 0.15) is 17.2 Å². The lowest BCUT2D eigenvalue weighted by Gasteiger charge is -2.30. The summed E-state index contributed by atoms with van der Waals surface area (Å²) < 4.78 is 15.5. The Morgan fingerprint density at radius 3 is 2.74 bits per heavy atom. The third kappa shape index (κ3) is 4.05. The number of benzene rings is 1. The van der Waals surface area contributed by atoms with Gasteiger partial charge in [0.2, 0.25) is 0 Å². The summed E-state index contributed by atoms with van der Waals surface area (Å²) in [5, 5.41) is 6.03. The molecule has 3 aliphatic rings. The number of carbonyl (C=O) groups excluding carboxylic acids is 2. The molecule has 7 rings (SSSR count). The molecule has 7 nitrogen and oxygen atoms in total. The maximum absolute atomic E-state index is 14.3. The zero-order chi connectivity index (χ0) is 26.0. The Bertz CT molecular complexity index is 1540. The first kappa shape index (κ1) is 24.0. The largest absolute Gasteiger partial charge is 0.349 e. The van der Waals surface area contributed by atoms with Crippen molar-refractivity contribution in [3.63, 3.8) is 0 Å². The summed E-state index contributed by atoms with van der Waals surface area (Å²) in [5.74, 6) is 0.320. The summed E-state index contributed by atoms with van der Waals surface area (Å²) in [6.07, 6.45) is 8.12. The zero-order valence-corrected chi connectivity index (χ0v) is 22.7. The first-order chi connectivity index (χ1) is 18.5. The number of hydrogen-bond donors (Lipinski definition) is 1. The van der Waals surface area contributed by atoms with Gasteiger partial charge in [-0.15, -0.1) is 22.7 Å². The number of likely N-dealkylation sites (tertiary alicyclic amines) is 1. The van der Waals surface area contributed by atoms with Gasteiger partial charge in [0.25, 0.3) is 11.8 Å². The molecule has 38 heavy (non-hydrogen) atoms. The van der Waals surface area contributed by atoms with Crippen LogP contribution in [0.4, 0.5) is 4.39 Å². The molecule has 1 aliphatic heterocycles. The van der Waals surface area contributed by atoms with Gasteiger partial charge >= 0.3 is 0 Å². The molecule has 4 heterocycles. The van der Waals surface area contributed by atoms with Crippen LogP contribution in [-0.4, -0.2) is 49.7 Å². The van der Waals surface area contributed by atoms with E-state index in [9.17, 15) is 14.0 Å². The van der Waals surface area contributed by atoms with E-state index in [0.29, 0.717) is 35.5 Å². The zero-order valence-electron chi connectivity index (χ0n) is 21.0. The Kier molecular flexibility index (Phi) is 5.85. The van der Waals surface area contributed by atoms with Crippen LogP contribution in [0.3, 0.4) is 0 Å². The Morgan fingerprint density at radius 2 is 1.95 bits per heavy atom. The normalized spacial score (nSPS) is 22.8. The van der Waals surface area contributed by atoms with E-state index in [2.05, 4.69) is 10.3 Å². The fourth-order valence-corrected chi connectivity index (χ4v) is 8.25. The lowest BCUT2D eigenvalue weighted by atomic mass is 10.0.